The molecular formula is C14H21BrN2. The molecule has 94 valence electrons. The van der Waals surface area contributed by atoms with E-state index in [1.165, 1.54) is 31.5 Å². The van der Waals surface area contributed by atoms with E-state index in [4.69, 9.17) is 0 Å². The third-order valence-corrected chi connectivity index (χ3v) is 3.68. The van der Waals surface area contributed by atoms with Crippen molar-refractivity contribution in [1.29, 1.82) is 0 Å². The zero-order valence-electron chi connectivity index (χ0n) is 10.7. The van der Waals surface area contributed by atoms with Crippen molar-refractivity contribution in [1.82, 2.24) is 9.88 Å². The van der Waals surface area contributed by atoms with E-state index in [-0.39, 0.29) is 0 Å². The minimum atomic E-state index is 0.786. The Morgan fingerprint density at radius 1 is 1.41 bits per heavy atom. The first-order valence-electron chi connectivity index (χ1n) is 6.49. The Morgan fingerprint density at radius 2 is 2.18 bits per heavy atom. The molecule has 0 N–H and O–H groups in total. The van der Waals surface area contributed by atoms with Gasteiger partial charge in [0.1, 0.15) is 0 Å². The first-order valence-corrected chi connectivity index (χ1v) is 7.29. The van der Waals surface area contributed by atoms with Crippen LogP contribution in [0, 0.1) is 5.92 Å². The van der Waals surface area contributed by atoms with Gasteiger partial charge < -0.3 is 0 Å². The summed E-state index contributed by atoms with van der Waals surface area (Å²) >= 11 is 3.43. The van der Waals surface area contributed by atoms with Gasteiger partial charge in [-0.2, -0.15) is 0 Å². The molecule has 2 rings (SSSR count). The topological polar surface area (TPSA) is 16.1 Å². The maximum atomic E-state index is 4.47. The van der Waals surface area contributed by atoms with Crippen LogP contribution in [0.25, 0.3) is 0 Å². The first-order chi connectivity index (χ1) is 8.15. The Hall–Kier alpha value is -0.410. The van der Waals surface area contributed by atoms with Crippen molar-refractivity contribution >= 4 is 15.9 Å². The van der Waals surface area contributed by atoms with Crippen LogP contribution < -0.4 is 0 Å². The van der Waals surface area contributed by atoms with Crippen LogP contribution in [0.5, 0.6) is 0 Å². The molecule has 0 spiro atoms. The Kier molecular flexibility index (Phi) is 4.57. The fourth-order valence-electron chi connectivity index (χ4n) is 1.96. The average molecular weight is 297 g/mol. The van der Waals surface area contributed by atoms with Crippen LogP contribution in [0.4, 0.5) is 0 Å². The Labute approximate surface area is 113 Å². The number of pyridine rings is 1. The number of halogens is 1. The number of aromatic nitrogens is 1. The van der Waals surface area contributed by atoms with Crippen LogP contribution in [0.15, 0.2) is 22.8 Å². The smallest absolute Gasteiger partial charge is 0.0544 e. The van der Waals surface area contributed by atoms with E-state index in [2.05, 4.69) is 51.8 Å². The van der Waals surface area contributed by atoms with Crippen molar-refractivity contribution in [3.8, 4) is 0 Å². The molecule has 0 unspecified atom stereocenters. The van der Waals surface area contributed by atoms with Gasteiger partial charge in [0.25, 0.3) is 0 Å². The lowest BCUT2D eigenvalue weighted by Crippen LogP contribution is -2.27. The summed E-state index contributed by atoms with van der Waals surface area (Å²) < 4.78 is 1.06. The monoisotopic (exact) mass is 296 g/mol. The minimum absolute atomic E-state index is 0.786. The van der Waals surface area contributed by atoms with Crippen LogP contribution in [-0.2, 0) is 6.54 Å². The highest BCUT2D eigenvalue weighted by Crippen LogP contribution is 2.28. The summed E-state index contributed by atoms with van der Waals surface area (Å²) in [6.07, 6.45) is 5.92. The second-order valence-corrected chi connectivity index (χ2v) is 6.27. The summed E-state index contributed by atoms with van der Waals surface area (Å²) in [5.41, 5.74) is 1.18. The molecule has 1 fully saturated rings. The summed E-state index contributed by atoms with van der Waals surface area (Å²) in [5, 5.41) is 0. The Morgan fingerprint density at radius 3 is 2.71 bits per heavy atom. The molecule has 0 bridgehead atoms. The van der Waals surface area contributed by atoms with Crippen molar-refractivity contribution in [2.24, 2.45) is 5.92 Å². The molecule has 0 aromatic carbocycles. The van der Waals surface area contributed by atoms with Gasteiger partial charge in [0.15, 0.2) is 0 Å². The summed E-state index contributed by atoms with van der Waals surface area (Å²) in [6.45, 7) is 6.80. The van der Waals surface area contributed by atoms with Gasteiger partial charge in [-0.1, -0.05) is 13.8 Å². The van der Waals surface area contributed by atoms with E-state index in [0.29, 0.717) is 0 Å². The van der Waals surface area contributed by atoms with Gasteiger partial charge in [0, 0.05) is 23.3 Å². The molecule has 1 aromatic heterocycles. The van der Waals surface area contributed by atoms with Gasteiger partial charge in [0.05, 0.1) is 5.69 Å². The summed E-state index contributed by atoms with van der Waals surface area (Å²) in [7, 11) is 0. The summed E-state index contributed by atoms with van der Waals surface area (Å²) in [4.78, 5) is 7.06. The molecule has 3 heteroatoms. The highest BCUT2D eigenvalue weighted by molar-refractivity contribution is 9.10. The minimum Gasteiger partial charge on any atom is -0.295 e. The fourth-order valence-corrected chi connectivity index (χ4v) is 2.20. The number of nitrogens with zero attached hydrogens (tertiary/aromatic N) is 2. The molecule has 2 nitrogen and oxygen atoms in total. The molecule has 17 heavy (non-hydrogen) atoms. The quantitative estimate of drug-likeness (QED) is 0.792. The first kappa shape index (κ1) is 13.0. The van der Waals surface area contributed by atoms with Crippen LogP contribution in [0.1, 0.15) is 38.8 Å². The van der Waals surface area contributed by atoms with Gasteiger partial charge in [-0.25, -0.2) is 0 Å². The van der Waals surface area contributed by atoms with Crippen LogP contribution in [0.2, 0.25) is 0 Å². The molecule has 0 radical (unpaired) electrons. The molecule has 1 aliphatic rings. The van der Waals surface area contributed by atoms with E-state index in [9.17, 15) is 0 Å². The molecule has 1 aromatic rings. The van der Waals surface area contributed by atoms with Crippen molar-refractivity contribution < 1.29 is 0 Å². The third kappa shape index (κ3) is 4.40. The predicted octanol–water partition coefficient (Wildman–Crippen LogP) is 3.85. The normalized spacial score (nSPS) is 15.8. The van der Waals surface area contributed by atoms with Crippen molar-refractivity contribution in [2.45, 2.75) is 45.7 Å². The van der Waals surface area contributed by atoms with E-state index < -0.39 is 0 Å². The molecule has 0 atom stereocenters. The van der Waals surface area contributed by atoms with Gasteiger partial charge >= 0.3 is 0 Å². The zero-order chi connectivity index (χ0) is 12.3. The maximum Gasteiger partial charge on any atom is 0.0544 e. The molecule has 1 saturated carbocycles. The molecule has 1 heterocycles. The predicted molar refractivity (Wildman–Crippen MR) is 74.8 cm³/mol. The molecule has 1 aliphatic carbocycles. The Bertz CT molecular complexity index is 344. The number of hydrogen-bond acceptors (Lipinski definition) is 2. The molecular weight excluding hydrogens is 276 g/mol. The number of hydrogen-bond donors (Lipinski definition) is 0. The highest BCUT2D eigenvalue weighted by Gasteiger charge is 2.28. The second-order valence-electron chi connectivity index (χ2n) is 5.35. The van der Waals surface area contributed by atoms with E-state index in [1.807, 2.05) is 6.20 Å². The van der Waals surface area contributed by atoms with Gasteiger partial charge in [-0.3, -0.25) is 9.88 Å². The van der Waals surface area contributed by atoms with E-state index in [1.54, 1.807) is 0 Å². The van der Waals surface area contributed by atoms with Crippen LogP contribution in [-0.4, -0.2) is 22.5 Å². The summed E-state index contributed by atoms with van der Waals surface area (Å²) in [5.74, 6) is 0.786. The Balaban J connectivity index is 1.90. The molecule has 0 aliphatic heterocycles. The molecule has 0 amide bonds. The van der Waals surface area contributed by atoms with Crippen molar-refractivity contribution in [3.05, 3.63) is 28.5 Å². The summed E-state index contributed by atoms with van der Waals surface area (Å²) in [6, 6.07) is 5.02. The van der Waals surface area contributed by atoms with Gasteiger partial charge in [-0.15, -0.1) is 0 Å². The maximum absolute atomic E-state index is 4.47. The van der Waals surface area contributed by atoms with Crippen molar-refractivity contribution in [2.75, 3.05) is 6.54 Å². The van der Waals surface area contributed by atoms with Crippen LogP contribution in [0.3, 0.4) is 0 Å². The average Bonchev–Trinajstić information content (AvgIpc) is 3.10. The van der Waals surface area contributed by atoms with Crippen molar-refractivity contribution in [3.63, 3.8) is 0 Å². The zero-order valence-corrected chi connectivity index (χ0v) is 12.3. The number of rotatable bonds is 6. The second kappa shape index (κ2) is 5.96. The highest BCUT2D eigenvalue weighted by atomic mass is 79.9. The lowest BCUT2D eigenvalue weighted by Gasteiger charge is -2.22. The lowest BCUT2D eigenvalue weighted by atomic mass is 10.1. The standard InChI is InChI=1S/C14H21BrN2/c1-11(2)7-8-17(14-5-6-14)10-13-4-3-12(15)9-16-13/h3-4,9,11,14H,5-8,10H2,1-2H3. The third-order valence-electron chi connectivity index (χ3n) is 3.21. The van der Waals surface area contributed by atoms with Crippen LogP contribution >= 0.6 is 15.9 Å². The SMILES string of the molecule is CC(C)CCN(Cc1ccc(Br)cn1)C1CC1. The fraction of sp³-hybridized carbons (Fsp3) is 0.643. The lowest BCUT2D eigenvalue weighted by molar-refractivity contribution is 0.237. The van der Waals surface area contributed by atoms with Gasteiger partial charge in [0.2, 0.25) is 0 Å². The van der Waals surface area contributed by atoms with Gasteiger partial charge in [-0.05, 0) is 59.8 Å². The van der Waals surface area contributed by atoms with E-state index >= 15 is 0 Å². The van der Waals surface area contributed by atoms with E-state index in [0.717, 1.165) is 23.0 Å². The largest absolute Gasteiger partial charge is 0.295 e. The molecule has 0 saturated heterocycles.